The van der Waals surface area contributed by atoms with Gasteiger partial charge >= 0.3 is 6.03 Å². The molecule has 0 heterocycles. The molecule has 154 valence electrons. The SMILES string of the molecule is O=C(NCCN(C(=O)Nc1ccc(Cl)cc1)c1ccc(F)cc1)c1ccc(Cl)cc1. The summed E-state index contributed by atoms with van der Waals surface area (Å²) in [5, 5.41) is 6.61. The first-order valence-corrected chi connectivity index (χ1v) is 9.81. The number of amides is 3. The van der Waals surface area contributed by atoms with Gasteiger partial charge in [-0.25, -0.2) is 9.18 Å². The molecule has 0 aliphatic carbocycles. The molecule has 0 saturated carbocycles. The van der Waals surface area contributed by atoms with Crippen LogP contribution in [0.3, 0.4) is 0 Å². The number of nitrogens with zero attached hydrogens (tertiary/aromatic N) is 1. The van der Waals surface area contributed by atoms with Crippen LogP contribution in [0.4, 0.5) is 20.6 Å². The third-order valence-electron chi connectivity index (χ3n) is 4.21. The van der Waals surface area contributed by atoms with E-state index in [1.54, 1.807) is 48.5 Å². The highest BCUT2D eigenvalue weighted by atomic mass is 35.5. The number of carbonyl (C=O) groups excluding carboxylic acids is 2. The minimum atomic E-state index is -0.426. The lowest BCUT2D eigenvalue weighted by molar-refractivity contribution is 0.0954. The maximum atomic E-state index is 13.3. The van der Waals surface area contributed by atoms with Crippen LogP contribution in [-0.2, 0) is 0 Å². The Morgan fingerprint density at radius 1 is 0.833 bits per heavy atom. The first-order chi connectivity index (χ1) is 14.4. The van der Waals surface area contributed by atoms with Gasteiger partial charge in [0.05, 0.1) is 0 Å². The summed E-state index contributed by atoms with van der Waals surface area (Å²) < 4.78 is 13.3. The van der Waals surface area contributed by atoms with Gasteiger partial charge in [-0.2, -0.15) is 0 Å². The molecule has 30 heavy (non-hydrogen) atoms. The van der Waals surface area contributed by atoms with Crippen LogP contribution in [0.15, 0.2) is 72.8 Å². The Hall–Kier alpha value is -3.09. The van der Waals surface area contributed by atoms with Gasteiger partial charge in [0.25, 0.3) is 5.91 Å². The Morgan fingerprint density at radius 2 is 1.40 bits per heavy atom. The van der Waals surface area contributed by atoms with E-state index < -0.39 is 11.8 Å². The van der Waals surface area contributed by atoms with E-state index in [1.807, 2.05) is 0 Å². The van der Waals surface area contributed by atoms with Crippen molar-refractivity contribution in [2.24, 2.45) is 0 Å². The van der Waals surface area contributed by atoms with Crippen LogP contribution in [0, 0.1) is 5.82 Å². The second-order valence-electron chi connectivity index (χ2n) is 6.33. The van der Waals surface area contributed by atoms with Crippen molar-refractivity contribution in [2.75, 3.05) is 23.3 Å². The molecule has 3 aromatic carbocycles. The van der Waals surface area contributed by atoms with Crippen LogP contribution in [-0.4, -0.2) is 25.0 Å². The first kappa shape index (κ1) is 21.6. The molecule has 0 aliphatic rings. The van der Waals surface area contributed by atoms with Gasteiger partial charge in [-0.05, 0) is 72.8 Å². The van der Waals surface area contributed by atoms with Gasteiger partial charge in [0.1, 0.15) is 5.82 Å². The van der Waals surface area contributed by atoms with E-state index >= 15 is 0 Å². The minimum absolute atomic E-state index is 0.171. The third kappa shape index (κ3) is 5.95. The van der Waals surface area contributed by atoms with E-state index in [9.17, 15) is 14.0 Å². The minimum Gasteiger partial charge on any atom is -0.350 e. The van der Waals surface area contributed by atoms with Crippen molar-refractivity contribution >= 4 is 46.5 Å². The fourth-order valence-corrected chi connectivity index (χ4v) is 2.93. The summed E-state index contributed by atoms with van der Waals surface area (Å²) in [6, 6.07) is 18.2. The van der Waals surface area contributed by atoms with Gasteiger partial charge in [-0.3, -0.25) is 9.69 Å². The number of nitrogens with one attached hydrogen (secondary N) is 2. The molecule has 0 spiro atoms. The molecule has 2 N–H and O–H groups in total. The number of halogens is 3. The Bertz CT molecular complexity index is 1010. The van der Waals surface area contributed by atoms with E-state index in [2.05, 4.69) is 10.6 Å². The van der Waals surface area contributed by atoms with Crippen molar-refractivity contribution in [3.63, 3.8) is 0 Å². The summed E-state index contributed by atoms with van der Waals surface area (Å²) in [7, 11) is 0. The first-order valence-electron chi connectivity index (χ1n) is 9.06. The number of benzene rings is 3. The fraction of sp³-hybridized carbons (Fsp3) is 0.0909. The molecule has 0 bridgehead atoms. The van der Waals surface area contributed by atoms with Crippen LogP contribution in [0.2, 0.25) is 10.0 Å². The van der Waals surface area contributed by atoms with E-state index in [1.165, 1.54) is 29.2 Å². The van der Waals surface area contributed by atoms with Gasteiger partial charge in [-0.1, -0.05) is 23.2 Å². The quantitative estimate of drug-likeness (QED) is 0.518. The Labute approximate surface area is 183 Å². The summed E-state index contributed by atoms with van der Waals surface area (Å²) in [5.74, 6) is -0.698. The lowest BCUT2D eigenvalue weighted by Gasteiger charge is -2.23. The molecular formula is C22H18Cl2FN3O2. The molecule has 3 rings (SSSR count). The smallest absolute Gasteiger partial charge is 0.326 e. The summed E-state index contributed by atoms with van der Waals surface area (Å²) in [5.41, 5.74) is 1.50. The molecule has 3 aromatic rings. The molecule has 0 aromatic heterocycles. The molecule has 0 radical (unpaired) electrons. The summed E-state index contributed by atoms with van der Waals surface area (Å²) in [6.07, 6.45) is 0. The number of rotatable bonds is 6. The molecule has 3 amide bonds. The summed E-state index contributed by atoms with van der Waals surface area (Å²) in [4.78, 5) is 26.5. The number of hydrogen-bond donors (Lipinski definition) is 2. The van der Waals surface area contributed by atoms with Gasteiger partial charge in [0.15, 0.2) is 0 Å². The van der Waals surface area contributed by atoms with Crippen LogP contribution < -0.4 is 15.5 Å². The Morgan fingerprint density at radius 3 is 2.00 bits per heavy atom. The second kappa shape index (κ2) is 10.1. The van der Waals surface area contributed by atoms with Crippen molar-refractivity contribution < 1.29 is 14.0 Å². The van der Waals surface area contributed by atoms with Crippen molar-refractivity contribution in [1.29, 1.82) is 0 Å². The lowest BCUT2D eigenvalue weighted by Crippen LogP contribution is -2.41. The highest BCUT2D eigenvalue weighted by Gasteiger charge is 2.17. The molecule has 5 nitrogen and oxygen atoms in total. The van der Waals surface area contributed by atoms with E-state index in [0.29, 0.717) is 27.0 Å². The number of carbonyl (C=O) groups is 2. The highest BCUT2D eigenvalue weighted by Crippen LogP contribution is 2.18. The molecule has 8 heteroatoms. The zero-order chi connectivity index (χ0) is 21.5. The summed E-state index contributed by atoms with van der Waals surface area (Å²) >= 11 is 11.7. The Kier molecular flexibility index (Phi) is 7.27. The monoisotopic (exact) mass is 445 g/mol. The van der Waals surface area contributed by atoms with Crippen molar-refractivity contribution in [1.82, 2.24) is 5.32 Å². The zero-order valence-corrected chi connectivity index (χ0v) is 17.3. The second-order valence-corrected chi connectivity index (χ2v) is 7.20. The maximum absolute atomic E-state index is 13.3. The molecular weight excluding hydrogens is 428 g/mol. The van der Waals surface area contributed by atoms with Crippen molar-refractivity contribution in [2.45, 2.75) is 0 Å². The van der Waals surface area contributed by atoms with Crippen LogP contribution in [0.25, 0.3) is 0 Å². The molecule has 0 fully saturated rings. The predicted molar refractivity (Wildman–Crippen MR) is 118 cm³/mol. The average Bonchev–Trinajstić information content (AvgIpc) is 2.74. The van der Waals surface area contributed by atoms with Crippen LogP contribution >= 0.6 is 23.2 Å². The van der Waals surface area contributed by atoms with E-state index in [0.717, 1.165) is 0 Å². The summed E-state index contributed by atoms with van der Waals surface area (Å²) in [6.45, 7) is 0.358. The lowest BCUT2D eigenvalue weighted by atomic mass is 10.2. The molecule has 0 unspecified atom stereocenters. The number of hydrogen-bond acceptors (Lipinski definition) is 2. The highest BCUT2D eigenvalue weighted by molar-refractivity contribution is 6.31. The van der Waals surface area contributed by atoms with Gasteiger partial charge < -0.3 is 10.6 Å². The van der Waals surface area contributed by atoms with Crippen LogP contribution in [0.5, 0.6) is 0 Å². The zero-order valence-electron chi connectivity index (χ0n) is 15.7. The molecule has 0 atom stereocenters. The number of urea groups is 1. The largest absolute Gasteiger partial charge is 0.350 e. The Balaban J connectivity index is 1.68. The number of anilines is 2. The predicted octanol–water partition coefficient (Wildman–Crippen LogP) is 5.60. The average molecular weight is 446 g/mol. The third-order valence-corrected chi connectivity index (χ3v) is 4.71. The standard InChI is InChI=1S/C22H18Cl2FN3O2/c23-16-3-1-15(2-4-16)21(29)26-13-14-28(20-11-7-18(25)8-12-20)22(30)27-19-9-5-17(24)6-10-19/h1-12H,13-14H2,(H,26,29)(H,27,30). The molecule has 0 aliphatic heterocycles. The van der Waals surface area contributed by atoms with Gasteiger partial charge in [0, 0.05) is 40.1 Å². The van der Waals surface area contributed by atoms with Crippen LogP contribution in [0.1, 0.15) is 10.4 Å². The normalized spacial score (nSPS) is 10.4. The van der Waals surface area contributed by atoms with E-state index in [-0.39, 0.29) is 19.0 Å². The molecule has 0 saturated heterocycles. The van der Waals surface area contributed by atoms with Crippen molar-refractivity contribution in [3.8, 4) is 0 Å². The van der Waals surface area contributed by atoms with Gasteiger partial charge in [-0.15, -0.1) is 0 Å². The van der Waals surface area contributed by atoms with Gasteiger partial charge in [0.2, 0.25) is 0 Å². The topological polar surface area (TPSA) is 61.4 Å². The fourth-order valence-electron chi connectivity index (χ4n) is 2.68. The van der Waals surface area contributed by atoms with Crippen molar-refractivity contribution in [3.05, 3.63) is 94.2 Å². The maximum Gasteiger partial charge on any atom is 0.326 e. The van der Waals surface area contributed by atoms with E-state index in [4.69, 9.17) is 23.2 Å².